The Bertz CT molecular complexity index is 593. The van der Waals surface area contributed by atoms with Crippen LogP contribution in [0.4, 0.5) is 5.69 Å². The number of hydrogen-bond donors (Lipinski definition) is 2. The average molecular weight is 266 g/mol. The second-order valence-electron chi connectivity index (χ2n) is 4.03. The molecule has 0 saturated carbocycles. The lowest BCUT2D eigenvalue weighted by Crippen LogP contribution is -2.08. The second kappa shape index (κ2) is 4.70. The summed E-state index contributed by atoms with van der Waals surface area (Å²) < 4.78 is 0. The summed E-state index contributed by atoms with van der Waals surface area (Å²) in [5, 5.41) is 15.8. The van der Waals surface area contributed by atoms with E-state index in [-0.39, 0.29) is 5.69 Å². The smallest absolute Gasteiger partial charge is 0.353 e. The largest absolute Gasteiger partial charge is 0.477 e. The number of nitrogens with zero attached hydrogens (tertiary/aromatic N) is 2. The molecule has 1 heterocycles. The summed E-state index contributed by atoms with van der Waals surface area (Å²) in [4.78, 5) is 12.7. The highest BCUT2D eigenvalue weighted by atomic mass is 35.5. The van der Waals surface area contributed by atoms with Crippen molar-refractivity contribution in [1.29, 1.82) is 0 Å². The monoisotopic (exact) mass is 265 g/mol. The van der Waals surface area contributed by atoms with Crippen molar-refractivity contribution in [2.75, 3.05) is 19.0 Å². The zero-order chi connectivity index (χ0) is 13.3. The van der Waals surface area contributed by atoms with Crippen molar-refractivity contribution in [2.24, 2.45) is 0 Å². The standard InChI is InChI=1S/C12H12ClN3O2/c1-16(2)11-4-3-7(5-8(11)13)9-6-10(12(17)18)15-14-9/h3-6H,1-2H3,(H,14,15)(H,17,18). The lowest BCUT2D eigenvalue weighted by atomic mass is 10.1. The van der Waals surface area contributed by atoms with Crippen molar-refractivity contribution in [3.05, 3.63) is 35.0 Å². The fourth-order valence-corrected chi connectivity index (χ4v) is 1.96. The van der Waals surface area contributed by atoms with Crippen LogP contribution in [0.15, 0.2) is 24.3 Å². The minimum atomic E-state index is -1.04. The van der Waals surface area contributed by atoms with E-state index in [0.29, 0.717) is 10.7 Å². The molecule has 0 amide bonds. The Balaban J connectivity index is 2.39. The van der Waals surface area contributed by atoms with Crippen molar-refractivity contribution < 1.29 is 9.90 Å². The number of nitrogens with one attached hydrogen (secondary N) is 1. The summed E-state index contributed by atoms with van der Waals surface area (Å²) in [7, 11) is 3.80. The fourth-order valence-electron chi connectivity index (χ4n) is 1.61. The first-order valence-electron chi connectivity index (χ1n) is 5.25. The summed E-state index contributed by atoms with van der Waals surface area (Å²) in [6.45, 7) is 0. The molecule has 0 radical (unpaired) electrons. The fraction of sp³-hybridized carbons (Fsp3) is 0.167. The number of benzene rings is 1. The molecule has 6 heteroatoms. The molecule has 5 nitrogen and oxygen atoms in total. The van der Waals surface area contributed by atoms with Crippen LogP contribution in [0.5, 0.6) is 0 Å². The average Bonchev–Trinajstić information content (AvgIpc) is 2.77. The van der Waals surface area contributed by atoms with Gasteiger partial charge in [0.05, 0.1) is 16.4 Å². The number of aromatic amines is 1. The number of rotatable bonds is 3. The second-order valence-corrected chi connectivity index (χ2v) is 4.44. The third-order valence-corrected chi connectivity index (χ3v) is 2.84. The van der Waals surface area contributed by atoms with Gasteiger partial charge in [-0.1, -0.05) is 17.7 Å². The van der Waals surface area contributed by atoms with Crippen LogP contribution in [0.3, 0.4) is 0 Å². The quantitative estimate of drug-likeness (QED) is 0.895. The molecule has 0 spiro atoms. The van der Waals surface area contributed by atoms with E-state index in [9.17, 15) is 4.79 Å². The zero-order valence-electron chi connectivity index (χ0n) is 9.94. The van der Waals surface area contributed by atoms with Gasteiger partial charge in [-0.15, -0.1) is 0 Å². The van der Waals surface area contributed by atoms with Gasteiger partial charge in [-0.05, 0) is 18.2 Å². The van der Waals surface area contributed by atoms with E-state index in [0.717, 1.165) is 11.3 Å². The van der Waals surface area contributed by atoms with Crippen LogP contribution in [0, 0.1) is 0 Å². The number of carboxylic acids is 1. The minimum Gasteiger partial charge on any atom is -0.477 e. The van der Waals surface area contributed by atoms with E-state index in [4.69, 9.17) is 16.7 Å². The highest BCUT2D eigenvalue weighted by molar-refractivity contribution is 6.33. The third-order valence-electron chi connectivity index (χ3n) is 2.53. The Morgan fingerprint density at radius 3 is 2.61 bits per heavy atom. The van der Waals surface area contributed by atoms with Crippen molar-refractivity contribution in [1.82, 2.24) is 10.2 Å². The normalized spacial score (nSPS) is 10.4. The van der Waals surface area contributed by atoms with E-state index >= 15 is 0 Å². The van der Waals surface area contributed by atoms with Crippen LogP contribution in [0.2, 0.25) is 5.02 Å². The molecule has 1 aromatic carbocycles. The van der Waals surface area contributed by atoms with Crippen molar-refractivity contribution >= 4 is 23.3 Å². The van der Waals surface area contributed by atoms with E-state index in [1.807, 2.05) is 31.1 Å². The van der Waals surface area contributed by atoms with Crippen molar-refractivity contribution in [3.8, 4) is 11.3 Å². The van der Waals surface area contributed by atoms with Crippen LogP contribution in [-0.2, 0) is 0 Å². The van der Waals surface area contributed by atoms with Gasteiger partial charge in [-0.3, -0.25) is 5.10 Å². The molecule has 94 valence electrons. The lowest BCUT2D eigenvalue weighted by Gasteiger charge is -2.14. The predicted molar refractivity (Wildman–Crippen MR) is 70.3 cm³/mol. The Morgan fingerprint density at radius 2 is 2.11 bits per heavy atom. The molecule has 2 aromatic rings. The first-order chi connectivity index (χ1) is 8.49. The first-order valence-corrected chi connectivity index (χ1v) is 5.63. The van der Waals surface area contributed by atoms with Gasteiger partial charge < -0.3 is 10.0 Å². The molecule has 2 N–H and O–H groups in total. The molecule has 0 bridgehead atoms. The molecule has 0 aliphatic carbocycles. The SMILES string of the molecule is CN(C)c1ccc(-c2cc(C(=O)O)[nH]n2)cc1Cl. The molecule has 1 aromatic heterocycles. The summed E-state index contributed by atoms with van der Waals surface area (Å²) in [5.74, 6) is -1.04. The number of anilines is 1. The van der Waals surface area contributed by atoms with E-state index in [1.165, 1.54) is 6.07 Å². The van der Waals surface area contributed by atoms with E-state index in [2.05, 4.69) is 10.2 Å². The van der Waals surface area contributed by atoms with Gasteiger partial charge in [0.25, 0.3) is 0 Å². The molecule has 2 rings (SSSR count). The van der Waals surface area contributed by atoms with Gasteiger partial charge >= 0.3 is 5.97 Å². The molecule has 18 heavy (non-hydrogen) atoms. The predicted octanol–water partition coefficient (Wildman–Crippen LogP) is 2.49. The van der Waals surface area contributed by atoms with Gasteiger partial charge in [0.15, 0.2) is 0 Å². The molecular weight excluding hydrogens is 254 g/mol. The summed E-state index contributed by atoms with van der Waals surface area (Å²) in [5.41, 5.74) is 2.28. The number of H-pyrrole nitrogens is 1. The Hall–Kier alpha value is -2.01. The molecule has 0 atom stereocenters. The number of aromatic nitrogens is 2. The Kier molecular flexibility index (Phi) is 3.25. The maximum Gasteiger partial charge on any atom is 0.353 e. The number of carboxylic acid groups (broad SMARTS) is 1. The topological polar surface area (TPSA) is 69.2 Å². The minimum absolute atomic E-state index is 0.0535. The molecule has 0 fully saturated rings. The highest BCUT2D eigenvalue weighted by Crippen LogP contribution is 2.29. The van der Waals surface area contributed by atoms with E-state index in [1.54, 1.807) is 6.07 Å². The van der Waals surface area contributed by atoms with Crippen LogP contribution in [-0.4, -0.2) is 35.4 Å². The Labute approximate surface area is 109 Å². The van der Waals surface area contributed by atoms with Gasteiger partial charge in [-0.2, -0.15) is 5.10 Å². The van der Waals surface area contributed by atoms with Crippen molar-refractivity contribution in [2.45, 2.75) is 0 Å². The molecule has 0 aliphatic rings. The maximum atomic E-state index is 10.8. The van der Waals surface area contributed by atoms with Crippen LogP contribution in [0.1, 0.15) is 10.5 Å². The summed E-state index contributed by atoms with van der Waals surface area (Å²) in [6.07, 6.45) is 0. The van der Waals surface area contributed by atoms with Crippen molar-refractivity contribution in [3.63, 3.8) is 0 Å². The summed E-state index contributed by atoms with van der Waals surface area (Å²) >= 11 is 6.15. The third kappa shape index (κ3) is 2.31. The van der Waals surface area contributed by atoms with E-state index < -0.39 is 5.97 Å². The number of aromatic carboxylic acids is 1. The van der Waals surface area contributed by atoms with Gasteiger partial charge in [0, 0.05) is 19.7 Å². The van der Waals surface area contributed by atoms with Gasteiger partial charge in [0.1, 0.15) is 5.69 Å². The first kappa shape index (κ1) is 12.4. The van der Waals surface area contributed by atoms with Crippen LogP contribution >= 0.6 is 11.6 Å². The maximum absolute atomic E-state index is 10.8. The number of carbonyl (C=O) groups is 1. The van der Waals surface area contributed by atoms with Gasteiger partial charge in [0.2, 0.25) is 0 Å². The Morgan fingerprint density at radius 1 is 1.39 bits per heavy atom. The molecule has 0 aliphatic heterocycles. The zero-order valence-corrected chi connectivity index (χ0v) is 10.7. The number of halogens is 1. The highest BCUT2D eigenvalue weighted by Gasteiger charge is 2.11. The van der Waals surface area contributed by atoms with Crippen LogP contribution < -0.4 is 4.90 Å². The van der Waals surface area contributed by atoms with Gasteiger partial charge in [-0.25, -0.2) is 4.79 Å². The molecule has 0 saturated heterocycles. The molecular formula is C12H12ClN3O2. The van der Waals surface area contributed by atoms with Crippen LogP contribution in [0.25, 0.3) is 11.3 Å². The summed E-state index contributed by atoms with van der Waals surface area (Å²) in [6, 6.07) is 6.96. The molecule has 0 unspecified atom stereocenters. The number of hydrogen-bond acceptors (Lipinski definition) is 3. The lowest BCUT2D eigenvalue weighted by molar-refractivity contribution is 0.0690.